The molecule has 150 valence electrons. The zero-order valence-corrected chi connectivity index (χ0v) is 16.2. The minimum absolute atomic E-state index is 0.426. The van der Waals surface area contributed by atoms with Crippen LogP contribution in [0.5, 0.6) is 0 Å². The highest BCUT2D eigenvalue weighted by atomic mass is 19.4. The zero-order valence-electron chi connectivity index (χ0n) is 16.2. The van der Waals surface area contributed by atoms with Gasteiger partial charge in [0.15, 0.2) is 0 Å². The van der Waals surface area contributed by atoms with Gasteiger partial charge < -0.3 is 4.74 Å². The van der Waals surface area contributed by atoms with Crippen LogP contribution in [-0.4, -0.2) is 18.9 Å². The van der Waals surface area contributed by atoms with Crippen LogP contribution < -0.4 is 0 Å². The van der Waals surface area contributed by atoms with Gasteiger partial charge in [0, 0.05) is 0 Å². The first-order chi connectivity index (χ1) is 12.5. The van der Waals surface area contributed by atoms with Crippen molar-refractivity contribution < 1.29 is 17.9 Å². The molecule has 0 bridgehead atoms. The second-order valence-electron chi connectivity index (χ2n) is 8.04. The number of hydrogen-bond donors (Lipinski definition) is 0. The van der Waals surface area contributed by atoms with Gasteiger partial charge in [-0.3, -0.25) is 0 Å². The van der Waals surface area contributed by atoms with Crippen LogP contribution in [0.3, 0.4) is 0 Å². The fourth-order valence-corrected chi connectivity index (χ4v) is 4.24. The molecule has 2 rings (SSSR count). The summed E-state index contributed by atoms with van der Waals surface area (Å²) in [4.78, 5) is 0. The molecule has 0 N–H and O–H groups in total. The maximum atomic E-state index is 12.2. The Morgan fingerprint density at radius 3 is 2.31 bits per heavy atom. The molecule has 1 saturated carbocycles. The Hall–Kier alpha value is -0.770. The lowest BCUT2D eigenvalue weighted by molar-refractivity contribution is -0.180. The van der Waals surface area contributed by atoms with Crippen molar-refractivity contribution in [1.29, 1.82) is 0 Å². The molecule has 0 aliphatic heterocycles. The molecule has 4 heteroatoms. The van der Waals surface area contributed by atoms with E-state index in [1.165, 1.54) is 76.2 Å². The van der Waals surface area contributed by atoms with E-state index in [1.54, 1.807) is 0 Å². The number of allylic oxidation sites excluding steroid dienone is 2. The Bertz CT molecular complexity index is 445. The Morgan fingerprint density at radius 2 is 1.69 bits per heavy atom. The van der Waals surface area contributed by atoms with Gasteiger partial charge in [-0.05, 0) is 49.5 Å². The molecule has 1 unspecified atom stereocenters. The van der Waals surface area contributed by atoms with Crippen LogP contribution in [-0.2, 0) is 4.74 Å². The Balaban J connectivity index is 1.60. The summed E-state index contributed by atoms with van der Waals surface area (Å²) in [5.41, 5.74) is 1.31. The molecule has 0 aromatic heterocycles. The summed E-state index contributed by atoms with van der Waals surface area (Å²) in [5.74, 6) is 1.48. The van der Waals surface area contributed by atoms with Gasteiger partial charge in [0.05, 0.1) is 6.10 Å². The number of ether oxygens (including phenoxy) is 1. The number of hydrogen-bond acceptors (Lipinski definition) is 1. The van der Waals surface area contributed by atoms with Crippen LogP contribution in [0.4, 0.5) is 13.2 Å². The molecular formula is C22H35F3O. The SMILES string of the molecule is CCCCCCCC[C@H]1CC[C@H](C2=CCC(OCC(F)(F)F)C=C2)CC1. The van der Waals surface area contributed by atoms with Crippen LogP contribution in [0.15, 0.2) is 23.8 Å². The largest absolute Gasteiger partial charge is 0.411 e. The molecule has 2 aliphatic rings. The average molecular weight is 373 g/mol. The molecule has 0 aromatic carbocycles. The van der Waals surface area contributed by atoms with Crippen LogP contribution in [0.2, 0.25) is 0 Å². The third-order valence-electron chi connectivity index (χ3n) is 5.83. The third-order valence-corrected chi connectivity index (χ3v) is 5.83. The molecule has 1 fully saturated rings. The summed E-state index contributed by atoms with van der Waals surface area (Å²) in [6, 6.07) is 0. The molecule has 26 heavy (non-hydrogen) atoms. The van der Waals surface area contributed by atoms with Crippen molar-refractivity contribution in [2.24, 2.45) is 11.8 Å². The zero-order chi connectivity index (χ0) is 18.8. The summed E-state index contributed by atoms with van der Waals surface area (Å²) in [5, 5.41) is 0. The molecule has 0 radical (unpaired) electrons. The highest BCUT2D eigenvalue weighted by molar-refractivity contribution is 5.27. The molecule has 1 nitrogen and oxygen atoms in total. The van der Waals surface area contributed by atoms with Crippen LogP contribution >= 0.6 is 0 Å². The van der Waals surface area contributed by atoms with E-state index in [2.05, 4.69) is 13.0 Å². The second kappa shape index (κ2) is 11.2. The summed E-state index contributed by atoms with van der Waals surface area (Å²) in [6.07, 6.45) is 16.5. The minimum Gasteiger partial charge on any atom is -0.364 e. The predicted molar refractivity (Wildman–Crippen MR) is 101 cm³/mol. The quantitative estimate of drug-likeness (QED) is 0.364. The van der Waals surface area contributed by atoms with Gasteiger partial charge in [0.25, 0.3) is 0 Å². The lowest BCUT2D eigenvalue weighted by atomic mass is 9.76. The van der Waals surface area contributed by atoms with Crippen molar-refractivity contribution in [1.82, 2.24) is 0 Å². The van der Waals surface area contributed by atoms with E-state index in [1.807, 2.05) is 12.2 Å². The van der Waals surface area contributed by atoms with E-state index in [-0.39, 0.29) is 0 Å². The molecular weight excluding hydrogens is 337 g/mol. The van der Waals surface area contributed by atoms with Gasteiger partial charge in [-0.1, -0.05) is 70.1 Å². The molecule has 1 atom stereocenters. The molecule has 0 amide bonds. The first-order valence-corrected chi connectivity index (χ1v) is 10.5. The highest BCUT2D eigenvalue weighted by Gasteiger charge is 2.29. The summed E-state index contributed by atoms with van der Waals surface area (Å²) >= 11 is 0. The summed E-state index contributed by atoms with van der Waals surface area (Å²) < 4.78 is 41.6. The Morgan fingerprint density at radius 1 is 1.00 bits per heavy atom. The molecule has 0 aromatic rings. The fraction of sp³-hybridized carbons (Fsp3) is 0.818. The smallest absolute Gasteiger partial charge is 0.364 e. The van der Waals surface area contributed by atoms with Gasteiger partial charge >= 0.3 is 6.18 Å². The second-order valence-corrected chi connectivity index (χ2v) is 8.04. The average Bonchev–Trinajstić information content (AvgIpc) is 2.63. The molecule has 2 aliphatic carbocycles. The van der Waals surface area contributed by atoms with E-state index in [9.17, 15) is 13.2 Å². The topological polar surface area (TPSA) is 9.23 Å². The summed E-state index contributed by atoms with van der Waals surface area (Å²) in [7, 11) is 0. The van der Waals surface area contributed by atoms with E-state index in [0.29, 0.717) is 12.3 Å². The van der Waals surface area contributed by atoms with Crippen molar-refractivity contribution in [3.8, 4) is 0 Å². The van der Waals surface area contributed by atoms with E-state index in [4.69, 9.17) is 4.74 Å². The van der Waals surface area contributed by atoms with Crippen molar-refractivity contribution in [2.45, 2.75) is 96.3 Å². The van der Waals surface area contributed by atoms with E-state index < -0.39 is 18.9 Å². The Labute approximate surface area is 157 Å². The molecule has 0 saturated heterocycles. The lowest BCUT2D eigenvalue weighted by Crippen LogP contribution is -2.23. The van der Waals surface area contributed by atoms with Gasteiger partial charge in [0.1, 0.15) is 6.61 Å². The standard InChI is InChI=1S/C22H35F3O/c1-2-3-4-5-6-7-8-18-9-11-19(12-10-18)20-13-15-21(16-14-20)26-17-22(23,24)25/h13-15,18-19,21H,2-12,16-17H2,1H3/t18-,19-,21?. The summed E-state index contributed by atoms with van der Waals surface area (Å²) in [6.45, 7) is 1.10. The van der Waals surface area contributed by atoms with E-state index in [0.717, 1.165) is 5.92 Å². The first kappa shape index (κ1) is 21.5. The van der Waals surface area contributed by atoms with Gasteiger partial charge in [-0.2, -0.15) is 13.2 Å². The van der Waals surface area contributed by atoms with Gasteiger partial charge in [-0.15, -0.1) is 0 Å². The number of halogens is 3. The van der Waals surface area contributed by atoms with Crippen molar-refractivity contribution in [2.75, 3.05) is 6.61 Å². The molecule has 0 spiro atoms. The van der Waals surface area contributed by atoms with Gasteiger partial charge in [0.2, 0.25) is 0 Å². The van der Waals surface area contributed by atoms with Crippen LogP contribution in [0.25, 0.3) is 0 Å². The van der Waals surface area contributed by atoms with Crippen LogP contribution in [0.1, 0.15) is 84.0 Å². The van der Waals surface area contributed by atoms with Crippen molar-refractivity contribution >= 4 is 0 Å². The Kier molecular flexibility index (Phi) is 9.24. The lowest BCUT2D eigenvalue weighted by Gasteiger charge is -2.31. The van der Waals surface area contributed by atoms with Crippen LogP contribution in [0, 0.1) is 11.8 Å². The van der Waals surface area contributed by atoms with Crippen molar-refractivity contribution in [3.63, 3.8) is 0 Å². The first-order valence-electron chi connectivity index (χ1n) is 10.5. The molecule has 0 heterocycles. The monoisotopic (exact) mass is 372 g/mol. The van der Waals surface area contributed by atoms with E-state index >= 15 is 0 Å². The van der Waals surface area contributed by atoms with Gasteiger partial charge in [-0.25, -0.2) is 0 Å². The highest BCUT2D eigenvalue weighted by Crippen LogP contribution is 2.37. The number of unbranched alkanes of at least 4 members (excludes halogenated alkanes) is 5. The number of alkyl halides is 3. The van der Waals surface area contributed by atoms with Crippen molar-refractivity contribution in [3.05, 3.63) is 23.8 Å². The third kappa shape index (κ3) is 8.28. The maximum absolute atomic E-state index is 12.2. The maximum Gasteiger partial charge on any atom is 0.411 e. The normalized spacial score (nSPS) is 26.8. The minimum atomic E-state index is -4.24. The number of rotatable bonds is 10. The predicted octanol–water partition coefficient (Wildman–Crippen LogP) is 7.38. The fourth-order valence-electron chi connectivity index (χ4n) is 4.24.